The molecule has 1 aliphatic heterocycles. The molecular formula is C15H19N3OS. The van der Waals surface area contributed by atoms with Crippen LogP contribution in [0, 0.1) is 5.92 Å². The predicted molar refractivity (Wildman–Crippen MR) is 81.8 cm³/mol. The lowest BCUT2D eigenvalue weighted by atomic mass is 10.1. The minimum Gasteiger partial charge on any atom is -0.373 e. The highest BCUT2D eigenvalue weighted by Gasteiger charge is 2.26. The van der Waals surface area contributed by atoms with Gasteiger partial charge < -0.3 is 9.84 Å². The number of nitrogens with zero attached hydrogens (tertiary/aromatic N) is 2. The van der Waals surface area contributed by atoms with Gasteiger partial charge in [0, 0.05) is 12.1 Å². The molecule has 0 spiro atoms. The SMILES string of the molecule is CC(C)CSCc1noc(C2Cc3ccccc3N2)n1. The Bertz CT molecular complexity index is 557. The van der Waals surface area contributed by atoms with Crippen LogP contribution < -0.4 is 5.32 Å². The highest BCUT2D eigenvalue weighted by atomic mass is 32.2. The van der Waals surface area contributed by atoms with Gasteiger partial charge in [0.1, 0.15) is 6.04 Å². The Labute approximate surface area is 123 Å². The van der Waals surface area contributed by atoms with Crippen molar-refractivity contribution in [3.63, 3.8) is 0 Å². The standard InChI is InChI=1S/C15H19N3OS/c1-10(2)8-20-9-14-17-15(19-18-14)13-7-11-5-3-4-6-12(11)16-13/h3-6,10,13,16H,7-9H2,1-2H3. The van der Waals surface area contributed by atoms with Crippen molar-refractivity contribution in [1.82, 2.24) is 10.1 Å². The summed E-state index contributed by atoms with van der Waals surface area (Å²) in [5.41, 5.74) is 2.48. The molecule has 5 heteroatoms. The molecule has 0 amide bonds. The molecule has 2 aromatic rings. The van der Waals surface area contributed by atoms with E-state index in [4.69, 9.17) is 4.52 Å². The van der Waals surface area contributed by atoms with E-state index in [2.05, 4.69) is 47.5 Å². The van der Waals surface area contributed by atoms with Gasteiger partial charge in [-0.15, -0.1) is 0 Å². The Hall–Kier alpha value is -1.49. The molecule has 2 heterocycles. The van der Waals surface area contributed by atoms with Crippen LogP contribution in [0.25, 0.3) is 0 Å². The molecule has 20 heavy (non-hydrogen) atoms. The van der Waals surface area contributed by atoms with Gasteiger partial charge in [-0.3, -0.25) is 0 Å². The van der Waals surface area contributed by atoms with Crippen LogP contribution in [0.3, 0.4) is 0 Å². The molecule has 106 valence electrons. The largest absolute Gasteiger partial charge is 0.373 e. The molecular weight excluding hydrogens is 270 g/mol. The van der Waals surface area contributed by atoms with Gasteiger partial charge in [-0.25, -0.2) is 0 Å². The Morgan fingerprint density at radius 2 is 2.25 bits per heavy atom. The molecule has 1 aromatic carbocycles. The lowest BCUT2D eigenvalue weighted by Crippen LogP contribution is -2.06. The van der Waals surface area contributed by atoms with E-state index >= 15 is 0 Å². The zero-order valence-corrected chi connectivity index (χ0v) is 12.6. The summed E-state index contributed by atoms with van der Waals surface area (Å²) < 4.78 is 5.40. The van der Waals surface area contributed by atoms with Crippen molar-refractivity contribution in [1.29, 1.82) is 0 Å². The van der Waals surface area contributed by atoms with Gasteiger partial charge in [-0.1, -0.05) is 37.2 Å². The Balaban J connectivity index is 1.61. The molecule has 0 aliphatic carbocycles. The highest BCUT2D eigenvalue weighted by molar-refractivity contribution is 7.98. The molecule has 0 bridgehead atoms. The van der Waals surface area contributed by atoms with Gasteiger partial charge in [0.15, 0.2) is 5.82 Å². The van der Waals surface area contributed by atoms with Crippen LogP contribution in [0.1, 0.15) is 37.2 Å². The van der Waals surface area contributed by atoms with Crippen molar-refractivity contribution in [3.05, 3.63) is 41.5 Å². The smallest absolute Gasteiger partial charge is 0.249 e. The normalized spacial score (nSPS) is 17.2. The van der Waals surface area contributed by atoms with E-state index in [1.165, 1.54) is 11.3 Å². The number of aromatic nitrogens is 2. The summed E-state index contributed by atoms with van der Waals surface area (Å²) in [7, 11) is 0. The summed E-state index contributed by atoms with van der Waals surface area (Å²) in [4.78, 5) is 4.51. The van der Waals surface area contributed by atoms with Gasteiger partial charge >= 0.3 is 0 Å². The summed E-state index contributed by atoms with van der Waals surface area (Å²) in [6, 6.07) is 8.44. The lowest BCUT2D eigenvalue weighted by molar-refractivity contribution is 0.360. The van der Waals surface area contributed by atoms with E-state index in [1.807, 2.05) is 17.8 Å². The summed E-state index contributed by atoms with van der Waals surface area (Å²) in [5.74, 6) is 4.13. The quantitative estimate of drug-likeness (QED) is 0.910. The number of benzene rings is 1. The Morgan fingerprint density at radius 1 is 1.40 bits per heavy atom. The molecule has 0 fully saturated rings. The van der Waals surface area contributed by atoms with E-state index < -0.39 is 0 Å². The first kappa shape index (κ1) is 13.5. The van der Waals surface area contributed by atoms with E-state index in [-0.39, 0.29) is 6.04 Å². The highest BCUT2D eigenvalue weighted by Crippen LogP contribution is 2.33. The second-order valence-corrected chi connectivity index (χ2v) is 6.55. The fourth-order valence-corrected chi connectivity index (χ4v) is 3.19. The molecule has 1 unspecified atom stereocenters. The number of hydrogen-bond acceptors (Lipinski definition) is 5. The monoisotopic (exact) mass is 289 g/mol. The molecule has 3 rings (SSSR count). The number of rotatable bonds is 5. The molecule has 0 radical (unpaired) electrons. The first-order valence-electron chi connectivity index (χ1n) is 6.97. The average Bonchev–Trinajstić information content (AvgIpc) is 3.03. The molecule has 1 atom stereocenters. The van der Waals surface area contributed by atoms with Crippen molar-refractivity contribution in [2.75, 3.05) is 11.1 Å². The molecule has 1 N–H and O–H groups in total. The lowest BCUT2D eigenvalue weighted by Gasteiger charge is -2.04. The van der Waals surface area contributed by atoms with Gasteiger partial charge in [0.25, 0.3) is 0 Å². The van der Waals surface area contributed by atoms with Crippen molar-refractivity contribution >= 4 is 17.4 Å². The summed E-state index contributed by atoms with van der Waals surface area (Å²) in [6.45, 7) is 4.43. The number of para-hydroxylation sites is 1. The maximum Gasteiger partial charge on any atom is 0.249 e. The topological polar surface area (TPSA) is 51.0 Å². The van der Waals surface area contributed by atoms with Crippen molar-refractivity contribution in [2.45, 2.75) is 32.1 Å². The van der Waals surface area contributed by atoms with Crippen LogP contribution in [0.5, 0.6) is 0 Å². The maximum absolute atomic E-state index is 5.40. The fraction of sp³-hybridized carbons (Fsp3) is 0.467. The van der Waals surface area contributed by atoms with Gasteiger partial charge in [0.05, 0.1) is 5.75 Å². The number of hydrogen-bond donors (Lipinski definition) is 1. The number of fused-ring (bicyclic) bond motifs is 1. The van der Waals surface area contributed by atoms with E-state index in [0.29, 0.717) is 11.8 Å². The summed E-state index contributed by atoms with van der Waals surface area (Å²) in [6.07, 6.45) is 0.914. The van der Waals surface area contributed by atoms with Crippen molar-refractivity contribution in [2.24, 2.45) is 5.92 Å². The number of thioether (sulfide) groups is 1. The van der Waals surface area contributed by atoms with E-state index in [0.717, 1.165) is 23.8 Å². The number of nitrogens with one attached hydrogen (secondary N) is 1. The molecule has 0 saturated heterocycles. The maximum atomic E-state index is 5.40. The second kappa shape index (κ2) is 5.87. The molecule has 4 nitrogen and oxygen atoms in total. The Kier molecular flexibility index (Phi) is 3.96. The average molecular weight is 289 g/mol. The minimum absolute atomic E-state index is 0.115. The van der Waals surface area contributed by atoms with Crippen molar-refractivity contribution in [3.8, 4) is 0 Å². The first-order valence-corrected chi connectivity index (χ1v) is 8.12. The fourth-order valence-electron chi connectivity index (χ4n) is 2.30. The zero-order chi connectivity index (χ0) is 13.9. The van der Waals surface area contributed by atoms with E-state index in [1.54, 1.807) is 0 Å². The summed E-state index contributed by atoms with van der Waals surface area (Å²) in [5, 5.41) is 7.51. The van der Waals surface area contributed by atoms with Crippen LogP contribution in [-0.2, 0) is 12.2 Å². The molecule has 0 saturated carbocycles. The first-order chi connectivity index (χ1) is 9.72. The zero-order valence-electron chi connectivity index (χ0n) is 11.8. The second-order valence-electron chi connectivity index (χ2n) is 5.52. The van der Waals surface area contributed by atoms with E-state index in [9.17, 15) is 0 Å². The Morgan fingerprint density at radius 3 is 3.05 bits per heavy atom. The van der Waals surface area contributed by atoms with Gasteiger partial charge in [-0.2, -0.15) is 16.7 Å². The third-order valence-corrected chi connectivity index (χ3v) is 4.60. The van der Waals surface area contributed by atoms with Crippen LogP contribution in [0.15, 0.2) is 28.8 Å². The minimum atomic E-state index is 0.115. The van der Waals surface area contributed by atoms with Crippen LogP contribution in [-0.4, -0.2) is 15.9 Å². The number of anilines is 1. The predicted octanol–water partition coefficient (Wildman–Crippen LogP) is 3.67. The molecule has 1 aliphatic rings. The van der Waals surface area contributed by atoms with Gasteiger partial charge in [-0.05, 0) is 23.3 Å². The third kappa shape index (κ3) is 2.98. The third-order valence-electron chi connectivity index (χ3n) is 3.24. The summed E-state index contributed by atoms with van der Waals surface area (Å²) >= 11 is 1.85. The van der Waals surface area contributed by atoms with Crippen LogP contribution in [0.2, 0.25) is 0 Å². The van der Waals surface area contributed by atoms with Crippen molar-refractivity contribution < 1.29 is 4.52 Å². The van der Waals surface area contributed by atoms with Gasteiger partial charge in [0.2, 0.25) is 5.89 Å². The molecule has 1 aromatic heterocycles. The van der Waals surface area contributed by atoms with Crippen LogP contribution in [0.4, 0.5) is 5.69 Å². The van der Waals surface area contributed by atoms with Crippen LogP contribution >= 0.6 is 11.8 Å².